The lowest BCUT2D eigenvalue weighted by Crippen LogP contribution is -2.41. The van der Waals surface area contributed by atoms with Crippen LogP contribution in [0.4, 0.5) is 0 Å². The van der Waals surface area contributed by atoms with Crippen LogP contribution in [0.15, 0.2) is 58.9 Å². The van der Waals surface area contributed by atoms with E-state index in [1.54, 1.807) is 37.3 Å². The number of phenolic OH excluding ortho intramolecular Hbond substituents is 2. The molecule has 1 aliphatic rings. The number of thiazole rings is 1. The number of carbonyl (C=O) groups excluding carboxylic acids is 2. The van der Waals surface area contributed by atoms with Crippen molar-refractivity contribution in [3.8, 4) is 11.5 Å². The number of hydrogen-bond acceptors (Lipinski definition) is 9. The van der Waals surface area contributed by atoms with Crippen molar-refractivity contribution in [3.05, 3.63) is 84.8 Å². The van der Waals surface area contributed by atoms with Crippen LogP contribution in [-0.2, 0) is 19.1 Å². The topological polar surface area (TPSA) is 141 Å². The van der Waals surface area contributed by atoms with Crippen LogP contribution in [-0.4, -0.2) is 40.4 Å². The Morgan fingerprint density at radius 1 is 1.03 bits per heavy atom. The Morgan fingerprint density at radius 3 is 2.20 bits per heavy atom. The molecular formula is C25H22N2O7S. The van der Waals surface area contributed by atoms with Gasteiger partial charge in [-0.05, 0) is 48.4 Å². The number of aromatic nitrogens is 1. The second-order valence-electron chi connectivity index (χ2n) is 7.60. The number of nitrogens with zero attached hydrogens (tertiary/aromatic N) is 1. The predicted molar refractivity (Wildman–Crippen MR) is 130 cm³/mol. The molecule has 0 saturated heterocycles. The van der Waals surface area contributed by atoms with E-state index in [1.165, 1.54) is 31.4 Å². The van der Waals surface area contributed by atoms with Gasteiger partial charge in [0, 0.05) is 0 Å². The van der Waals surface area contributed by atoms with E-state index in [1.807, 2.05) is 0 Å². The van der Waals surface area contributed by atoms with Gasteiger partial charge in [0.15, 0.2) is 0 Å². The smallest absolute Gasteiger partial charge is 0.338 e. The number of ether oxygens (including phenoxy) is 2. The first kappa shape index (κ1) is 23.8. The maximum atomic E-state index is 13.4. The average molecular weight is 495 g/mol. The van der Waals surface area contributed by atoms with Gasteiger partial charge in [-0.1, -0.05) is 24.3 Å². The van der Waals surface area contributed by atoms with E-state index in [0.29, 0.717) is 11.1 Å². The number of benzene rings is 2. The molecule has 0 bridgehead atoms. The van der Waals surface area contributed by atoms with Crippen molar-refractivity contribution >= 4 is 40.7 Å². The molecule has 10 heteroatoms. The van der Waals surface area contributed by atoms with Gasteiger partial charge in [-0.15, -0.1) is 11.3 Å². The van der Waals surface area contributed by atoms with Gasteiger partial charge >= 0.3 is 11.9 Å². The summed E-state index contributed by atoms with van der Waals surface area (Å²) < 4.78 is 11.9. The predicted octanol–water partition coefficient (Wildman–Crippen LogP) is 0.961. The molecule has 3 aromatic rings. The molecule has 1 aromatic heterocycles. The third-order valence-electron chi connectivity index (χ3n) is 5.47. The van der Waals surface area contributed by atoms with Crippen LogP contribution in [0.1, 0.15) is 24.0 Å². The van der Waals surface area contributed by atoms with Crippen molar-refractivity contribution in [2.24, 2.45) is 5.73 Å². The summed E-state index contributed by atoms with van der Waals surface area (Å²) in [6.45, 7) is 1.72. The summed E-state index contributed by atoms with van der Waals surface area (Å²) in [6, 6.07) is 12.2. The molecule has 1 unspecified atom stereocenters. The highest BCUT2D eigenvalue weighted by Crippen LogP contribution is 2.38. The van der Waals surface area contributed by atoms with Crippen molar-refractivity contribution in [3.63, 3.8) is 0 Å². The van der Waals surface area contributed by atoms with Crippen LogP contribution < -0.4 is 20.5 Å². The molecule has 0 aliphatic carbocycles. The molecule has 2 heterocycles. The number of carbonyl (C=O) groups is 2. The molecule has 1 atom stereocenters. The minimum atomic E-state index is -0.998. The normalized spacial score (nSPS) is 15.7. The average Bonchev–Trinajstić information content (AvgIpc) is 3.16. The first-order valence-corrected chi connectivity index (χ1v) is 11.4. The fourth-order valence-electron chi connectivity index (χ4n) is 3.89. The molecule has 35 heavy (non-hydrogen) atoms. The van der Waals surface area contributed by atoms with Gasteiger partial charge < -0.3 is 25.4 Å². The first-order valence-electron chi connectivity index (χ1n) is 10.6. The molecule has 0 saturated carbocycles. The highest BCUT2D eigenvalue weighted by molar-refractivity contribution is 7.07. The van der Waals surface area contributed by atoms with Gasteiger partial charge in [0.1, 0.15) is 22.0 Å². The van der Waals surface area contributed by atoms with E-state index < -0.39 is 23.4 Å². The first-order chi connectivity index (χ1) is 16.8. The largest absolute Gasteiger partial charge is 0.508 e. The third-order valence-corrected chi connectivity index (χ3v) is 6.57. The maximum Gasteiger partial charge on any atom is 0.338 e. The Labute approximate surface area is 203 Å². The fraction of sp³-hybridized carbons (Fsp3) is 0.160. The second-order valence-corrected chi connectivity index (χ2v) is 8.63. The Balaban J connectivity index is 2.11. The van der Waals surface area contributed by atoms with Crippen LogP contribution in [0, 0.1) is 0 Å². The molecule has 1 aliphatic heterocycles. The summed E-state index contributed by atoms with van der Waals surface area (Å²) in [5.41, 5.74) is 6.93. The summed E-state index contributed by atoms with van der Waals surface area (Å²) in [4.78, 5) is 39.5. The van der Waals surface area contributed by atoms with Gasteiger partial charge in [0.25, 0.3) is 5.56 Å². The number of nitrogens with two attached hydrogens (primary N) is 1. The maximum absolute atomic E-state index is 13.4. The van der Waals surface area contributed by atoms with Gasteiger partial charge in [-0.3, -0.25) is 9.36 Å². The zero-order valence-corrected chi connectivity index (χ0v) is 19.7. The lowest BCUT2D eigenvalue weighted by Gasteiger charge is -2.26. The second kappa shape index (κ2) is 9.51. The summed E-state index contributed by atoms with van der Waals surface area (Å²) in [7, 11) is 1.18. The van der Waals surface area contributed by atoms with Gasteiger partial charge in [0.05, 0.1) is 35.3 Å². The van der Waals surface area contributed by atoms with Crippen molar-refractivity contribution < 1.29 is 29.3 Å². The number of fused-ring (bicyclic) bond motifs is 1. The molecular weight excluding hydrogens is 472 g/mol. The van der Waals surface area contributed by atoms with Crippen LogP contribution in [0.3, 0.4) is 0 Å². The number of aromatic hydroxyl groups is 2. The van der Waals surface area contributed by atoms with E-state index in [-0.39, 0.29) is 44.3 Å². The van der Waals surface area contributed by atoms with Crippen LogP contribution in [0.5, 0.6) is 11.5 Å². The van der Waals surface area contributed by atoms with Crippen LogP contribution in [0.2, 0.25) is 0 Å². The Morgan fingerprint density at radius 2 is 1.63 bits per heavy atom. The Bertz CT molecular complexity index is 1510. The molecule has 0 amide bonds. The third kappa shape index (κ3) is 4.31. The van der Waals surface area contributed by atoms with Crippen molar-refractivity contribution in [1.82, 2.24) is 4.57 Å². The Kier molecular flexibility index (Phi) is 6.48. The van der Waals surface area contributed by atoms with Crippen molar-refractivity contribution in [1.29, 1.82) is 0 Å². The highest BCUT2D eigenvalue weighted by atomic mass is 32.1. The minimum Gasteiger partial charge on any atom is -0.508 e. The quantitative estimate of drug-likeness (QED) is 0.446. The van der Waals surface area contributed by atoms with Crippen molar-refractivity contribution in [2.75, 3.05) is 13.7 Å². The molecule has 4 rings (SSSR count). The molecule has 180 valence electrons. The number of phenols is 2. The van der Waals surface area contributed by atoms with Crippen LogP contribution >= 0.6 is 11.3 Å². The van der Waals surface area contributed by atoms with E-state index in [2.05, 4.69) is 0 Å². The lowest BCUT2D eigenvalue weighted by molar-refractivity contribution is -0.136. The number of hydrogen-bond donors (Lipinski definition) is 3. The summed E-state index contributed by atoms with van der Waals surface area (Å²) in [5, 5.41) is 19.3. The Hall–Kier alpha value is -4.31. The molecule has 0 fully saturated rings. The summed E-state index contributed by atoms with van der Waals surface area (Å²) in [5.74, 6) is -2.61. The molecule has 2 aromatic carbocycles. The van der Waals surface area contributed by atoms with Gasteiger partial charge in [0.2, 0.25) is 0 Å². The molecule has 9 nitrogen and oxygen atoms in total. The zero-order chi connectivity index (χ0) is 25.3. The zero-order valence-electron chi connectivity index (χ0n) is 18.8. The molecule has 0 radical (unpaired) electrons. The lowest BCUT2D eigenvalue weighted by atomic mass is 9.83. The van der Waals surface area contributed by atoms with E-state index in [9.17, 15) is 24.6 Å². The monoisotopic (exact) mass is 494 g/mol. The summed E-state index contributed by atoms with van der Waals surface area (Å²) in [6.07, 6.45) is 1.60. The fourth-order valence-corrected chi connectivity index (χ4v) is 5.05. The molecule has 0 spiro atoms. The number of esters is 2. The molecule has 4 N–H and O–H groups in total. The van der Waals surface area contributed by atoms with Crippen LogP contribution in [0.25, 0.3) is 17.5 Å². The van der Waals surface area contributed by atoms with E-state index in [4.69, 9.17) is 15.2 Å². The number of rotatable bonds is 5. The van der Waals surface area contributed by atoms with Crippen molar-refractivity contribution in [2.45, 2.75) is 12.8 Å². The summed E-state index contributed by atoms with van der Waals surface area (Å²) >= 11 is 1.03. The standard InChI is InChI=1S/C25H22N2O7S/c1-3-34-25(32)20-18(14-6-10-16(29)11-7-14)19(24(31)33-2)21(26)27-22(30)17(35-23(20)27)12-13-4-8-15(28)9-5-13/h4-12,18,28-29H,3,26H2,1-2H3/b17-12-. The van der Waals surface area contributed by atoms with Gasteiger partial charge in [-0.25, -0.2) is 9.59 Å². The SMILES string of the molecule is CCOC(=O)C1=c2s/c(=C\c3ccc(O)cc3)c(=O)n2C(N)=C(C(=O)OC)C1c1ccc(O)cc1. The number of methoxy groups -OCH3 is 1. The van der Waals surface area contributed by atoms with E-state index >= 15 is 0 Å². The van der Waals surface area contributed by atoms with E-state index in [0.717, 1.165) is 15.9 Å². The highest BCUT2D eigenvalue weighted by Gasteiger charge is 2.39. The minimum absolute atomic E-state index is 0.00219. The van der Waals surface area contributed by atoms with Gasteiger partial charge in [-0.2, -0.15) is 0 Å².